The van der Waals surface area contributed by atoms with Crippen molar-refractivity contribution in [1.82, 2.24) is 14.7 Å². The molecule has 0 bridgehead atoms. The average Bonchev–Trinajstić information content (AvgIpc) is 2.57. The monoisotopic (exact) mass is 237 g/mol. The Kier molecular flexibility index (Phi) is 3.54. The maximum Gasteiger partial charge on any atom is 0.0900 e. The Morgan fingerprint density at radius 3 is 2.71 bits per heavy atom. The van der Waals surface area contributed by atoms with Crippen molar-refractivity contribution in [2.45, 2.75) is 52.3 Å². The van der Waals surface area contributed by atoms with Gasteiger partial charge in [0.1, 0.15) is 0 Å². The molecule has 1 aliphatic rings. The zero-order chi connectivity index (χ0) is 12.5. The molecule has 2 heterocycles. The van der Waals surface area contributed by atoms with E-state index in [1.165, 1.54) is 5.69 Å². The van der Waals surface area contributed by atoms with Gasteiger partial charge in [0, 0.05) is 26.2 Å². The van der Waals surface area contributed by atoms with Crippen molar-refractivity contribution in [2.24, 2.45) is 0 Å². The third kappa shape index (κ3) is 2.69. The van der Waals surface area contributed by atoms with Crippen molar-refractivity contribution in [1.29, 1.82) is 0 Å². The molecule has 1 saturated heterocycles. The lowest BCUT2D eigenvalue weighted by molar-refractivity contribution is -0.107. The molecule has 1 aliphatic heterocycles. The molecule has 0 radical (unpaired) electrons. The molecule has 1 N–H and O–H groups in total. The molecule has 0 spiro atoms. The standard InChI is InChI=1S/C13H23N3O/c1-4-6-13(17)9-15(10-13)8-12-7-11(3)14-16(12)5-2/h7,17H,4-6,8-10H2,1-3H3. The quantitative estimate of drug-likeness (QED) is 0.845. The number of aryl methyl sites for hydroxylation is 2. The van der Waals surface area contributed by atoms with E-state index in [4.69, 9.17) is 0 Å². The molecule has 0 amide bonds. The van der Waals surface area contributed by atoms with E-state index in [2.05, 4.69) is 29.9 Å². The lowest BCUT2D eigenvalue weighted by Crippen LogP contribution is -2.61. The van der Waals surface area contributed by atoms with Crippen molar-refractivity contribution >= 4 is 0 Å². The molecule has 4 heteroatoms. The van der Waals surface area contributed by atoms with Gasteiger partial charge in [0.25, 0.3) is 0 Å². The Bertz CT molecular complexity index is 380. The van der Waals surface area contributed by atoms with Crippen LogP contribution in [0.25, 0.3) is 0 Å². The average molecular weight is 237 g/mol. The van der Waals surface area contributed by atoms with Gasteiger partial charge in [0.15, 0.2) is 0 Å². The van der Waals surface area contributed by atoms with Gasteiger partial charge in [-0.1, -0.05) is 13.3 Å². The number of aromatic nitrogens is 2. The van der Waals surface area contributed by atoms with Crippen LogP contribution in [0.3, 0.4) is 0 Å². The van der Waals surface area contributed by atoms with Gasteiger partial charge >= 0.3 is 0 Å². The summed E-state index contributed by atoms with van der Waals surface area (Å²) in [6.45, 7) is 9.68. The fourth-order valence-electron chi connectivity index (χ4n) is 2.75. The van der Waals surface area contributed by atoms with Crippen LogP contribution in [0.2, 0.25) is 0 Å². The van der Waals surface area contributed by atoms with Gasteiger partial charge in [-0.15, -0.1) is 0 Å². The second-order valence-corrected chi connectivity index (χ2v) is 5.21. The molecule has 0 aromatic carbocycles. The third-order valence-corrected chi connectivity index (χ3v) is 3.42. The lowest BCUT2D eigenvalue weighted by atomic mass is 9.89. The lowest BCUT2D eigenvalue weighted by Gasteiger charge is -2.46. The Labute approximate surface area is 103 Å². The topological polar surface area (TPSA) is 41.3 Å². The summed E-state index contributed by atoms with van der Waals surface area (Å²) in [6.07, 6.45) is 1.96. The number of rotatable bonds is 5. The molecule has 1 fully saturated rings. The summed E-state index contributed by atoms with van der Waals surface area (Å²) in [7, 11) is 0. The summed E-state index contributed by atoms with van der Waals surface area (Å²) in [5.41, 5.74) is 1.90. The SMILES string of the molecule is CCCC1(O)CN(Cc2cc(C)nn2CC)C1. The zero-order valence-electron chi connectivity index (χ0n) is 11.1. The van der Waals surface area contributed by atoms with Crippen molar-refractivity contribution in [2.75, 3.05) is 13.1 Å². The predicted octanol–water partition coefficient (Wildman–Crippen LogP) is 1.56. The molecule has 0 aliphatic carbocycles. The van der Waals surface area contributed by atoms with Gasteiger partial charge < -0.3 is 5.11 Å². The van der Waals surface area contributed by atoms with Crippen LogP contribution < -0.4 is 0 Å². The van der Waals surface area contributed by atoms with E-state index in [-0.39, 0.29) is 0 Å². The van der Waals surface area contributed by atoms with E-state index < -0.39 is 5.60 Å². The molecule has 1 aromatic heterocycles. The highest BCUT2D eigenvalue weighted by atomic mass is 16.3. The van der Waals surface area contributed by atoms with Crippen LogP contribution in [0, 0.1) is 6.92 Å². The number of nitrogens with zero attached hydrogens (tertiary/aromatic N) is 3. The van der Waals surface area contributed by atoms with Gasteiger partial charge in [-0.05, 0) is 26.3 Å². The number of aliphatic hydroxyl groups is 1. The van der Waals surface area contributed by atoms with Crippen LogP contribution >= 0.6 is 0 Å². The minimum Gasteiger partial charge on any atom is -0.387 e. The molecule has 0 atom stereocenters. The van der Waals surface area contributed by atoms with E-state index in [9.17, 15) is 5.11 Å². The molecule has 4 nitrogen and oxygen atoms in total. The van der Waals surface area contributed by atoms with E-state index in [0.717, 1.165) is 44.7 Å². The molecule has 1 aromatic rings. The minimum atomic E-state index is -0.430. The summed E-state index contributed by atoms with van der Waals surface area (Å²) in [5.74, 6) is 0. The summed E-state index contributed by atoms with van der Waals surface area (Å²) in [4.78, 5) is 2.29. The highest BCUT2D eigenvalue weighted by Crippen LogP contribution is 2.27. The van der Waals surface area contributed by atoms with E-state index in [1.54, 1.807) is 0 Å². The van der Waals surface area contributed by atoms with Gasteiger partial charge in [0.05, 0.1) is 17.0 Å². The maximum atomic E-state index is 10.1. The van der Waals surface area contributed by atoms with Crippen molar-refractivity contribution in [3.63, 3.8) is 0 Å². The first kappa shape index (κ1) is 12.6. The number of likely N-dealkylation sites (tertiary alicyclic amines) is 1. The first-order valence-electron chi connectivity index (χ1n) is 6.54. The second kappa shape index (κ2) is 4.78. The van der Waals surface area contributed by atoms with E-state index >= 15 is 0 Å². The Morgan fingerprint density at radius 2 is 2.12 bits per heavy atom. The normalized spacial score (nSPS) is 19.3. The Hall–Kier alpha value is -0.870. The van der Waals surface area contributed by atoms with Crippen LogP contribution in [0.4, 0.5) is 0 Å². The fraction of sp³-hybridized carbons (Fsp3) is 0.769. The van der Waals surface area contributed by atoms with Gasteiger partial charge in [-0.2, -0.15) is 5.10 Å². The maximum absolute atomic E-state index is 10.1. The molecular formula is C13H23N3O. The second-order valence-electron chi connectivity index (χ2n) is 5.21. The summed E-state index contributed by atoms with van der Waals surface area (Å²) in [5, 5.41) is 14.6. The van der Waals surface area contributed by atoms with E-state index in [1.807, 2.05) is 11.6 Å². The number of β-amino-alcohol motifs (C(OH)–C–C–N with tert-alkyl or cyclic N) is 1. The number of hydrogen-bond donors (Lipinski definition) is 1. The van der Waals surface area contributed by atoms with Crippen LogP contribution in [-0.4, -0.2) is 38.5 Å². The molecule has 0 unspecified atom stereocenters. The predicted molar refractivity (Wildman–Crippen MR) is 67.8 cm³/mol. The van der Waals surface area contributed by atoms with Gasteiger partial charge in [0.2, 0.25) is 0 Å². The summed E-state index contributed by atoms with van der Waals surface area (Å²) < 4.78 is 2.05. The smallest absolute Gasteiger partial charge is 0.0900 e. The fourth-order valence-corrected chi connectivity index (χ4v) is 2.75. The Balaban J connectivity index is 1.91. The first-order valence-corrected chi connectivity index (χ1v) is 6.54. The van der Waals surface area contributed by atoms with Gasteiger partial charge in [-0.25, -0.2) is 0 Å². The van der Waals surface area contributed by atoms with Crippen molar-refractivity contribution in [3.8, 4) is 0 Å². The van der Waals surface area contributed by atoms with Crippen molar-refractivity contribution in [3.05, 3.63) is 17.5 Å². The molecule has 0 saturated carbocycles. The number of hydrogen-bond acceptors (Lipinski definition) is 3. The summed E-state index contributed by atoms with van der Waals surface area (Å²) >= 11 is 0. The van der Waals surface area contributed by atoms with Crippen LogP contribution in [0.1, 0.15) is 38.1 Å². The molecule has 96 valence electrons. The highest BCUT2D eigenvalue weighted by molar-refractivity contribution is 5.10. The third-order valence-electron chi connectivity index (χ3n) is 3.42. The largest absolute Gasteiger partial charge is 0.387 e. The Morgan fingerprint density at radius 1 is 1.41 bits per heavy atom. The van der Waals surface area contributed by atoms with Gasteiger partial charge in [-0.3, -0.25) is 9.58 Å². The first-order chi connectivity index (χ1) is 8.06. The van der Waals surface area contributed by atoms with Crippen molar-refractivity contribution < 1.29 is 5.11 Å². The molecule has 2 rings (SSSR count). The zero-order valence-corrected chi connectivity index (χ0v) is 11.1. The van der Waals surface area contributed by atoms with Crippen LogP contribution in [0.5, 0.6) is 0 Å². The molecular weight excluding hydrogens is 214 g/mol. The van der Waals surface area contributed by atoms with Crippen LogP contribution in [-0.2, 0) is 13.1 Å². The van der Waals surface area contributed by atoms with Crippen LogP contribution in [0.15, 0.2) is 6.07 Å². The minimum absolute atomic E-state index is 0.430. The van der Waals surface area contributed by atoms with E-state index in [0.29, 0.717) is 0 Å². The highest BCUT2D eigenvalue weighted by Gasteiger charge is 2.40. The molecule has 17 heavy (non-hydrogen) atoms. The summed E-state index contributed by atoms with van der Waals surface area (Å²) in [6, 6.07) is 2.14.